The molecule has 4 aromatic carbocycles. The van der Waals surface area contributed by atoms with Crippen LogP contribution in [-0.4, -0.2) is 61.2 Å². The molecule has 0 spiro atoms. The van der Waals surface area contributed by atoms with Crippen molar-refractivity contribution < 1.29 is 32.9 Å². The van der Waals surface area contributed by atoms with Crippen LogP contribution in [0.15, 0.2) is 124 Å². The molecule has 1 heterocycles. The lowest BCUT2D eigenvalue weighted by atomic mass is 9.64. The minimum Gasteiger partial charge on any atom is -0.497 e. The lowest BCUT2D eigenvalue weighted by Crippen LogP contribution is -2.53. The van der Waals surface area contributed by atoms with Crippen LogP contribution in [0.3, 0.4) is 0 Å². The number of thiophene rings is 1. The van der Waals surface area contributed by atoms with Gasteiger partial charge in [0.15, 0.2) is 5.78 Å². The lowest BCUT2D eigenvalue weighted by molar-refractivity contribution is -0.0732. The lowest BCUT2D eigenvalue weighted by Gasteiger charge is -2.46. The highest BCUT2D eigenvalue weighted by Gasteiger charge is 2.58. The number of sulfonamides is 1. The van der Waals surface area contributed by atoms with Crippen molar-refractivity contribution in [3.05, 3.63) is 148 Å². The Labute approximate surface area is 346 Å². The van der Waals surface area contributed by atoms with E-state index in [0.29, 0.717) is 66.7 Å². The molecule has 0 unspecified atom stereocenters. The first-order valence-electron chi connectivity index (χ1n) is 20.0. The van der Waals surface area contributed by atoms with Gasteiger partial charge in [0.2, 0.25) is 0 Å². The molecule has 2 bridgehead atoms. The summed E-state index contributed by atoms with van der Waals surface area (Å²) in [5.41, 5.74) is 4.34. The highest BCUT2D eigenvalue weighted by atomic mass is 32.2. The van der Waals surface area contributed by atoms with Gasteiger partial charge < -0.3 is 19.7 Å². The number of methoxy groups -OCH3 is 2. The Morgan fingerprint density at radius 1 is 0.897 bits per heavy atom. The first-order valence-corrected chi connectivity index (χ1v) is 22.3. The molecule has 58 heavy (non-hydrogen) atoms. The van der Waals surface area contributed by atoms with Crippen LogP contribution < -0.4 is 9.47 Å². The number of carbonyl (C=O) groups is 1. The number of aliphatic hydroxyl groups excluding tert-OH is 1. The largest absolute Gasteiger partial charge is 0.497 e. The van der Waals surface area contributed by atoms with Gasteiger partial charge >= 0.3 is 0 Å². The van der Waals surface area contributed by atoms with Crippen LogP contribution in [0.25, 0.3) is 11.1 Å². The van der Waals surface area contributed by atoms with Crippen LogP contribution in [-0.2, 0) is 23.0 Å². The molecular formula is C48H53NO7S2. The van der Waals surface area contributed by atoms with Crippen molar-refractivity contribution in [1.82, 2.24) is 4.31 Å². The van der Waals surface area contributed by atoms with E-state index < -0.39 is 27.1 Å². The number of ketones is 1. The molecule has 8 rings (SSSR count). The fraction of sp³-hybridized carbons (Fsp3) is 0.354. The number of aliphatic hydroxyl groups is 2. The Morgan fingerprint density at radius 3 is 2.36 bits per heavy atom. The Kier molecular flexibility index (Phi) is 12.4. The van der Waals surface area contributed by atoms with Gasteiger partial charge in [0, 0.05) is 41.3 Å². The fourth-order valence-electron chi connectivity index (χ4n) is 9.02. The normalized spacial score (nSPS) is 22.6. The molecule has 3 aliphatic carbocycles. The zero-order valence-corrected chi connectivity index (χ0v) is 35.3. The SMILES string of the molecule is COc1ccc(CN(C[C@]2(O)CC[C@H]3c4ccc(cc4C(=O)c4ccc(-c5ccccc5)cc4)C[C@@H](O)CCC(C)=CCC[C@@]32C)S(=O)(=O)c2cccs2)c(OC)c1. The summed E-state index contributed by atoms with van der Waals surface area (Å²) in [7, 11) is -0.959. The molecule has 2 N–H and O–H groups in total. The molecule has 1 aromatic heterocycles. The number of rotatable bonds is 11. The smallest absolute Gasteiger partial charge is 0.252 e. The third kappa shape index (κ3) is 8.44. The highest BCUT2D eigenvalue weighted by Crippen LogP contribution is 2.59. The van der Waals surface area contributed by atoms with Crippen molar-refractivity contribution >= 4 is 27.1 Å². The van der Waals surface area contributed by atoms with E-state index in [9.17, 15) is 23.4 Å². The quantitative estimate of drug-likeness (QED) is 0.101. The van der Waals surface area contributed by atoms with Crippen LogP contribution in [0.4, 0.5) is 0 Å². The van der Waals surface area contributed by atoms with Crippen LogP contribution in [0, 0.1) is 5.41 Å². The molecule has 5 aromatic rings. The van der Waals surface area contributed by atoms with E-state index in [1.807, 2.05) is 72.8 Å². The standard InChI is InChI=1S/C48H53NO7S2/c1-33-10-8-25-47(2)43(24-26-48(47,52)32-49(58(53,54)45-13-9-27-57-45)31-38-20-22-40(55-3)30-44(38)56-4)41-23-15-34(28-39(50)21-14-33)29-42(41)46(51)37-18-16-36(17-19-37)35-11-6-5-7-12-35/h5-7,9-13,15-20,22-23,27,29-30,39,43,50,52H,8,14,21,24-26,28,31-32H2,1-4H3/t39-,43-,47-,48+/m0/s1. The maximum Gasteiger partial charge on any atom is 0.252 e. The minimum atomic E-state index is -4.07. The average Bonchev–Trinajstić information content (AvgIpc) is 3.87. The Morgan fingerprint density at radius 2 is 1.66 bits per heavy atom. The van der Waals surface area contributed by atoms with Gasteiger partial charge in [0.25, 0.3) is 10.0 Å². The molecule has 0 aliphatic heterocycles. The number of hydrogen-bond acceptors (Lipinski definition) is 8. The summed E-state index contributed by atoms with van der Waals surface area (Å²) in [4.78, 5) is 14.7. The summed E-state index contributed by atoms with van der Waals surface area (Å²) in [6.07, 6.45) is 5.41. The molecule has 1 fully saturated rings. The number of hydrogen-bond donors (Lipinski definition) is 2. The van der Waals surface area contributed by atoms with Crippen LogP contribution >= 0.6 is 11.3 Å². The first kappa shape index (κ1) is 41.6. The van der Waals surface area contributed by atoms with E-state index >= 15 is 0 Å². The number of fused-ring (bicyclic) bond motifs is 8. The highest BCUT2D eigenvalue weighted by molar-refractivity contribution is 7.91. The molecule has 10 heteroatoms. The summed E-state index contributed by atoms with van der Waals surface area (Å²) in [6.45, 7) is 3.95. The summed E-state index contributed by atoms with van der Waals surface area (Å²) in [6, 6.07) is 32.3. The second kappa shape index (κ2) is 17.3. The van der Waals surface area contributed by atoms with Crippen molar-refractivity contribution in [2.24, 2.45) is 5.41 Å². The molecule has 0 amide bonds. The zero-order chi connectivity index (χ0) is 41.1. The number of ether oxygens (including phenoxy) is 2. The van der Waals surface area contributed by atoms with E-state index in [0.717, 1.165) is 45.6 Å². The van der Waals surface area contributed by atoms with Gasteiger partial charge in [-0.3, -0.25) is 4.79 Å². The summed E-state index contributed by atoms with van der Waals surface area (Å²) < 4.78 is 41.8. The average molecular weight is 820 g/mol. The van der Waals surface area contributed by atoms with Gasteiger partial charge in [-0.05, 0) is 104 Å². The van der Waals surface area contributed by atoms with E-state index in [1.54, 1.807) is 49.9 Å². The summed E-state index contributed by atoms with van der Waals surface area (Å²) in [5, 5.41) is 26.0. The third-order valence-corrected chi connectivity index (χ3v) is 15.7. The number of carbonyl (C=O) groups excluding carboxylic acids is 1. The van der Waals surface area contributed by atoms with E-state index in [2.05, 4.69) is 19.9 Å². The Hall–Kier alpha value is -4.58. The Bertz CT molecular complexity index is 2360. The molecular weight excluding hydrogens is 767 g/mol. The van der Waals surface area contributed by atoms with Crippen molar-refractivity contribution in [1.29, 1.82) is 0 Å². The van der Waals surface area contributed by atoms with Crippen LogP contribution in [0.5, 0.6) is 11.5 Å². The van der Waals surface area contributed by atoms with Crippen LogP contribution in [0.2, 0.25) is 0 Å². The van der Waals surface area contributed by atoms with Gasteiger partial charge in [-0.25, -0.2) is 8.42 Å². The van der Waals surface area contributed by atoms with Gasteiger partial charge in [0.1, 0.15) is 15.7 Å². The predicted molar refractivity (Wildman–Crippen MR) is 230 cm³/mol. The topological polar surface area (TPSA) is 113 Å². The predicted octanol–water partition coefficient (Wildman–Crippen LogP) is 9.59. The summed E-state index contributed by atoms with van der Waals surface area (Å²) in [5.74, 6) is 0.661. The number of benzene rings is 4. The first-order chi connectivity index (χ1) is 27.8. The Balaban J connectivity index is 1.31. The van der Waals surface area contributed by atoms with Crippen molar-refractivity contribution in [2.75, 3.05) is 20.8 Å². The maximum atomic E-state index is 14.7. The van der Waals surface area contributed by atoms with Crippen molar-refractivity contribution in [2.45, 2.75) is 87.2 Å². The number of nitrogens with zero attached hydrogens (tertiary/aromatic N) is 1. The van der Waals surface area contributed by atoms with E-state index in [-0.39, 0.29) is 29.0 Å². The molecule has 4 atom stereocenters. The molecule has 0 radical (unpaired) electrons. The molecule has 304 valence electrons. The second-order valence-electron chi connectivity index (χ2n) is 16.1. The second-order valence-corrected chi connectivity index (χ2v) is 19.2. The minimum absolute atomic E-state index is 0.0325. The number of allylic oxidation sites excluding steroid dienone is 2. The van der Waals surface area contributed by atoms with Crippen molar-refractivity contribution in [3.8, 4) is 22.6 Å². The summed E-state index contributed by atoms with van der Waals surface area (Å²) >= 11 is 1.14. The molecule has 3 aliphatic rings. The fourth-order valence-corrected chi connectivity index (χ4v) is 11.6. The van der Waals surface area contributed by atoms with Crippen molar-refractivity contribution in [3.63, 3.8) is 0 Å². The van der Waals surface area contributed by atoms with Crippen LogP contribution in [0.1, 0.15) is 90.9 Å². The zero-order valence-electron chi connectivity index (χ0n) is 33.7. The molecule has 0 saturated heterocycles. The third-order valence-electron chi connectivity index (χ3n) is 12.5. The maximum absolute atomic E-state index is 14.7. The van der Waals surface area contributed by atoms with E-state index in [4.69, 9.17) is 9.47 Å². The van der Waals surface area contributed by atoms with Gasteiger partial charge in [0.05, 0.1) is 25.9 Å². The van der Waals surface area contributed by atoms with Gasteiger partial charge in [-0.2, -0.15) is 4.31 Å². The monoisotopic (exact) mass is 819 g/mol. The molecule has 1 saturated carbocycles. The van der Waals surface area contributed by atoms with Gasteiger partial charge in [-0.15, -0.1) is 11.3 Å². The molecule has 8 nitrogen and oxygen atoms in total. The van der Waals surface area contributed by atoms with Gasteiger partial charge in [-0.1, -0.05) is 97.4 Å². The van der Waals surface area contributed by atoms with E-state index in [1.165, 1.54) is 4.31 Å².